The van der Waals surface area contributed by atoms with Gasteiger partial charge in [-0.15, -0.1) is 0 Å². The van der Waals surface area contributed by atoms with Crippen molar-refractivity contribution in [3.05, 3.63) is 48.3 Å². The second-order valence-electron chi connectivity index (χ2n) is 8.07. The largest absolute Gasteiger partial charge is 0.511 e. The molecule has 4 nitrogen and oxygen atoms in total. The molecule has 0 radical (unpaired) electrons. The number of hydrogen-bond donors (Lipinski definition) is 1. The summed E-state index contributed by atoms with van der Waals surface area (Å²) < 4.78 is 0. The van der Waals surface area contributed by atoms with Gasteiger partial charge in [-0.3, -0.25) is 4.79 Å². The zero-order chi connectivity index (χ0) is 20.9. The van der Waals surface area contributed by atoms with E-state index in [1.54, 1.807) is 6.08 Å². The zero-order valence-electron chi connectivity index (χ0n) is 17.9. The van der Waals surface area contributed by atoms with Gasteiger partial charge < -0.3 is 9.94 Å². The number of ketones is 1. The Labute approximate surface area is 176 Å². The summed E-state index contributed by atoms with van der Waals surface area (Å²) in [4.78, 5) is 18.2. The van der Waals surface area contributed by atoms with Crippen LogP contribution >= 0.6 is 0 Å². The lowest BCUT2D eigenvalue weighted by atomic mass is 9.74. The minimum absolute atomic E-state index is 0.00899. The molecule has 0 saturated carbocycles. The van der Waals surface area contributed by atoms with Gasteiger partial charge in [0, 0.05) is 12.8 Å². The number of aliphatic hydroxyl groups excluding tert-OH is 1. The number of nitrogens with zero attached hydrogens (tertiary/aromatic N) is 1. The second kappa shape index (κ2) is 13.2. The molecule has 0 amide bonds. The highest BCUT2D eigenvalue weighted by atomic mass is 16.6. The van der Waals surface area contributed by atoms with Crippen molar-refractivity contribution < 1.29 is 14.7 Å². The van der Waals surface area contributed by atoms with E-state index in [-0.39, 0.29) is 17.5 Å². The minimum Gasteiger partial charge on any atom is -0.511 e. The third kappa shape index (κ3) is 7.68. The molecule has 0 spiro atoms. The van der Waals surface area contributed by atoms with Crippen LogP contribution < -0.4 is 0 Å². The quantitative estimate of drug-likeness (QED) is 0.227. The smallest absolute Gasteiger partial charge is 0.168 e. The van der Waals surface area contributed by atoms with Crippen LogP contribution in [-0.2, 0) is 9.63 Å². The Hall–Kier alpha value is -2.10. The molecule has 1 N–H and O–H groups in total. The van der Waals surface area contributed by atoms with Crippen molar-refractivity contribution in [1.29, 1.82) is 0 Å². The standard InChI is InChI=1S/C25H37NO3/c1-3-14-22(26-29-17-4-2)25-23(27)18-21(19-24(25)28)20-15-12-10-8-6-5-7-9-11-13-16-20/h4,6,8-9,11,20-21,27H,2-3,5,7,10,12-19H2,1H3. The van der Waals surface area contributed by atoms with E-state index in [2.05, 4.69) is 36.0 Å². The molecule has 0 aliphatic heterocycles. The molecule has 0 aromatic heterocycles. The average Bonchev–Trinajstić information content (AvgIpc) is 2.68. The first kappa shape index (κ1) is 23.2. The number of Topliss-reactive ketones (excluding diaryl/α,β-unsaturated/α-hetero) is 1. The minimum atomic E-state index is 0.00899. The van der Waals surface area contributed by atoms with E-state index in [1.807, 2.05) is 6.92 Å². The van der Waals surface area contributed by atoms with Crippen LogP contribution in [0.1, 0.15) is 77.6 Å². The molecule has 160 valence electrons. The van der Waals surface area contributed by atoms with Gasteiger partial charge in [0.2, 0.25) is 0 Å². The lowest BCUT2D eigenvalue weighted by molar-refractivity contribution is -0.117. The lowest BCUT2D eigenvalue weighted by Gasteiger charge is -2.31. The summed E-state index contributed by atoms with van der Waals surface area (Å²) in [6.45, 7) is 5.94. The van der Waals surface area contributed by atoms with Gasteiger partial charge in [-0.25, -0.2) is 0 Å². The van der Waals surface area contributed by atoms with Crippen molar-refractivity contribution in [2.75, 3.05) is 6.61 Å². The Bertz CT molecular complexity index is 657. The SMILES string of the molecule is C=CCON=C(CCC)C1=C(O)CC(C2CCC=CCCC=CCCC2)CC1=O. The Morgan fingerprint density at radius 3 is 2.55 bits per heavy atom. The molecule has 0 fully saturated rings. The molecule has 2 rings (SSSR count). The van der Waals surface area contributed by atoms with E-state index < -0.39 is 0 Å². The molecule has 2 aliphatic carbocycles. The van der Waals surface area contributed by atoms with E-state index in [1.165, 1.54) is 0 Å². The number of rotatable bonds is 7. The van der Waals surface area contributed by atoms with Gasteiger partial charge in [0.25, 0.3) is 0 Å². The van der Waals surface area contributed by atoms with Gasteiger partial charge in [0.05, 0.1) is 11.3 Å². The first-order chi connectivity index (χ1) is 14.2. The summed E-state index contributed by atoms with van der Waals surface area (Å²) in [5.41, 5.74) is 0.963. The maximum atomic E-state index is 13.0. The molecular weight excluding hydrogens is 362 g/mol. The van der Waals surface area contributed by atoms with Gasteiger partial charge in [-0.2, -0.15) is 0 Å². The monoisotopic (exact) mass is 399 g/mol. The van der Waals surface area contributed by atoms with Crippen LogP contribution in [0.5, 0.6) is 0 Å². The number of carbonyl (C=O) groups is 1. The van der Waals surface area contributed by atoms with Gasteiger partial charge in [0.1, 0.15) is 12.4 Å². The van der Waals surface area contributed by atoms with E-state index in [9.17, 15) is 9.90 Å². The number of oxime groups is 1. The van der Waals surface area contributed by atoms with Crippen LogP contribution in [0.25, 0.3) is 0 Å². The topological polar surface area (TPSA) is 58.9 Å². The molecule has 4 heteroatoms. The average molecular weight is 400 g/mol. The number of allylic oxidation sites excluding steroid dienone is 6. The van der Waals surface area contributed by atoms with Crippen LogP contribution in [0.2, 0.25) is 0 Å². The Kier molecular flexibility index (Phi) is 10.5. The summed E-state index contributed by atoms with van der Waals surface area (Å²) in [6.07, 6.45) is 20.9. The summed E-state index contributed by atoms with van der Waals surface area (Å²) >= 11 is 0. The predicted octanol–water partition coefficient (Wildman–Crippen LogP) is 6.61. The highest BCUT2D eigenvalue weighted by Crippen LogP contribution is 2.37. The number of aliphatic hydroxyl groups is 1. The Morgan fingerprint density at radius 2 is 1.86 bits per heavy atom. The van der Waals surface area contributed by atoms with E-state index in [4.69, 9.17) is 4.84 Å². The summed E-state index contributed by atoms with van der Waals surface area (Å²) in [5, 5.41) is 14.9. The van der Waals surface area contributed by atoms with Crippen LogP contribution in [0.15, 0.2) is 53.4 Å². The zero-order valence-corrected chi connectivity index (χ0v) is 17.9. The molecule has 2 aliphatic rings. The Morgan fingerprint density at radius 1 is 1.14 bits per heavy atom. The number of hydrogen-bond acceptors (Lipinski definition) is 4. The first-order valence-electron chi connectivity index (χ1n) is 11.2. The third-order valence-electron chi connectivity index (χ3n) is 5.76. The third-order valence-corrected chi connectivity index (χ3v) is 5.76. The molecule has 0 aromatic rings. The Balaban J connectivity index is 2.13. The van der Waals surface area contributed by atoms with Gasteiger partial charge in [-0.05, 0) is 63.2 Å². The van der Waals surface area contributed by atoms with Crippen molar-refractivity contribution in [1.82, 2.24) is 0 Å². The predicted molar refractivity (Wildman–Crippen MR) is 120 cm³/mol. The van der Waals surface area contributed by atoms with Crippen molar-refractivity contribution in [3.63, 3.8) is 0 Å². The summed E-state index contributed by atoms with van der Waals surface area (Å²) in [5.74, 6) is 0.879. The molecule has 29 heavy (non-hydrogen) atoms. The highest BCUT2D eigenvalue weighted by Gasteiger charge is 2.34. The van der Waals surface area contributed by atoms with Crippen LogP contribution in [-0.4, -0.2) is 23.2 Å². The second-order valence-corrected chi connectivity index (χ2v) is 8.07. The van der Waals surface area contributed by atoms with E-state index in [0.29, 0.717) is 43.1 Å². The van der Waals surface area contributed by atoms with Crippen LogP contribution in [0.4, 0.5) is 0 Å². The lowest BCUT2D eigenvalue weighted by Crippen LogP contribution is -2.29. The van der Waals surface area contributed by atoms with Gasteiger partial charge >= 0.3 is 0 Å². The van der Waals surface area contributed by atoms with Crippen molar-refractivity contribution in [3.8, 4) is 0 Å². The normalized spacial score (nSPS) is 24.7. The van der Waals surface area contributed by atoms with Crippen molar-refractivity contribution in [2.45, 2.75) is 77.6 Å². The fourth-order valence-electron chi connectivity index (χ4n) is 4.29. The molecule has 2 atom stereocenters. The molecule has 0 saturated heterocycles. The highest BCUT2D eigenvalue weighted by molar-refractivity contribution is 6.23. The maximum absolute atomic E-state index is 13.0. The van der Waals surface area contributed by atoms with E-state index >= 15 is 0 Å². The molecule has 2 unspecified atom stereocenters. The van der Waals surface area contributed by atoms with Crippen LogP contribution in [0, 0.1) is 11.8 Å². The van der Waals surface area contributed by atoms with Crippen molar-refractivity contribution >= 4 is 11.5 Å². The fraction of sp³-hybridized carbons (Fsp3) is 0.600. The first-order valence-corrected chi connectivity index (χ1v) is 11.2. The maximum Gasteiger partial charge on any atom is 0.168 e. The van der Waals surface area contributed by atoms with Crippen LogP contribution in [0.3, 0.4) is 0 Å². The molecule has 0 heterocycles. The number of carbonyl (C=O) groups excluding carboxylic acids is 1. The van der Waals surface area contributed by atoms with Gasteiger partial charge in [-0.1, -0.05) is 55.5 Å². The molecule has 0 aromatic carbocycles. The van der Waals surface area contributed by atoms with E-state index in [0.717, 1.165) is 51.4 Å². The van der Waals surface area contributed by atoms with Gasteiger partial charge in [0.15, 0.2) is 5.78 Å². The molecular formula is C25H37NO3. The molecule has 0 bridgehead atoms. The summed E-state index contributed by atoms with van der Waals surface area (Å²) in [6, 6.07) is 0. The summed E-state index contributed by atoms with van der Waals surface area (Å²) in [7, 11) is 0. The fourth-order valence-corrected chi connectivity index (χ4v) is 4.29. The van der Waals surface area contributed by atoms with Crippen molar-refractivity contribution in [2.24, 2.45) is 17.0 Å².